The number of rotatable bonds is 8. The summed E-state index contributed by atoms with van der Waals surface area (Å²) in [6.07, 6.45) is 2.11. The van der Waals surface area contributed by atoms with Crippen molar-refractivity contribution in [3.8, 4) is 0 Å². The monoisotopic (exact) mass is 457 g/mol. The first-order valence-corrected chi connectivity index (χ1v) is 11.0. The summed E-state index contributed by atoms with van der Waals surface area (Å²) in [4.78, 5) is 38.1. The predicted molar refractivity (Wildman–Crippen MR) is 121 cm³/mol. The van der Waals surface area contributed by atoms with Crippen LogP contribution in [0.3, 0.4) is 0 Å². The van der Waals surface area contributed by atoms with Crippen molar-refractivity contribution in [2.45, 2.75) is 32.5 Å². The van der Waals surface area contributed by atoms with Crippen molar-refractivity contribution in [3.05, 3.63) is 91.3 Å². The van der Waals surface area contributed by atoms with Crippen molar-refractivity contribution in [1.29, 1.82) is 0 Å². The average Bonchev–Trinajstić information content (AvgIpc) is 3.44. The maximum atomic E-state index is 13.1. The van der Waals surface area contributed by atoms with Crippen LogP contribution >= 0.6 is 22.9 Å². The molecule has 0 spiro atoms. The highest BCUT2D eigenvalue weighted by molar-refractivity contribution is 7.17. The van der Waals surface area contributed by atoms with E-state index in [4.69, 9.17) is 16.0 Å². The minimum absolute atomic E-state index is 0.162. The molecule has 1 N–H and O–H groups in total. The first kappa shape index (κ1) is 21.1. The lowest BCUT2D eigenvalue weighted by molar-refractivity contribution is -0.121. The molecule has 0 aliphatic heterocycles. The third-order valence-electron chi connectivity index (χ3n) is 4.89. The van der Waals surface area contributed by atoms with E-state index in [1.807, 2.05) is 12.1 Å². The molecule has 0 aliphatic rings. The fourth-order valence-electron chi connectivity index (χ4n) is 3.39. The van der Waals surface area contributed by atoms with Gasteiger partial charge in [-0.2, -0.15) is 0 Å². The lowest BCUT2D eigenvalue weighted by Crippen LogP contribution is -2.40. The Kier molecular flexibility index (Phi) is 6.39. The van der Waals surface area contributed by atoms with Crippen LogP contribution in [-0.4, -0.2) is 15.0 Å². The van der Waals surface area contributed by atoms with Crippen LogP contribution in [-0.2, 0) is 24.4 Å². The fraction of sp³-hybridized carbons (Fsp3) is 0.227. The summed E-state index contributed by atoms with van der Waals surface area (Å²) in [7, 11) is 0. The molecule has 0 unspecified atom stereocenters. The van der Waals surface area contributed by atoms with Gasteiger partial charge in [-0.25, -0.2) is 4.79 Å². The van der Waals surface area contributed by atoms with Gasteiger partial charge in [0, 0.05) is 18.0 Å². The van der Waals surface area contributed by atoms with Gasteiger partial charge in [-0.15, -0.1) is 11.3 Å². The molecule has 31 heavy (non-hydrogen) atoms. The molecule has 0 fully saturated rings. The quantitative estimate of drug-likeness (QED) is 0.438. The number of nitrogens with zero attached hydrogens (tertiary/aromatic N) is 2. The van der Waals surface area contributed by atoms with Crippen molar-refractivity contribution in [2.75, 3.05) is 0 Å². The van der Waals surface area contributed by atoms with E-state index in [-0.39, 0.29) is 24.4 Å². The van der Waals surface area contributed by atoms with Crippen LogP contribution in [0.2, 0.25) is 5.02 Å². The van der Waals surface area contributed by atoms with Gasteiger partial charge >= 0.3 is 5.69 Å². The van der Waals surface area contributed by atoms with Crippen molar-refractivity contribution < 1.29 is 9.21 Å². The van der Waals surface area contributed by atoms with E-state index in [0.717, 1.165) is 5.56 Å². The van der Waals surface area contributed by atoms with Crippen LogP contribution in [0, 0.1) is 0 Å². The molecule has 4 rings (SSSR count). The van der Waals surface area contributed by atoms with E-state index in [2.05, 4.69) is 5.32 Å². The molecule has 7 nitrogen and oxygen atoms in total. The highest BCUT2D eigenvalue weighted by Gasteiger charge is 2.15. The maximum Gasteiger partial charge on any atom is 0.331 e. The molecule has 1 aromatic carbocycles. The second-order valence-corrected chi connectivity index (χ2v) is 8.40. The molecule has 0 saturated heterocycles. The molecule has 0 atom stereocenters. The van der Waals surface area contributed by atoms with Gasteiger partial charge in [0.1, 0.15) is 10.5 Å². The number of halogens is 1. The standard InChI is InChI=1S/C22H20ClN3O4S/c23-16-5-1-4-15(12-16)14-26-18-8-11-31-20(18)21(28)25(22(26)29)9-2-7-19(27)24-13-17-6-3-10-30-17/h1,3-6,8,10-12H,2,7,9,13-14H2,(H,24,27). The fourth-order valence-corrected chi connectivity index (χ4v) is 4.44. The van der Waals surface area contributed by atoms with Gasteiger partial charge in [-0.05, 0) is 47.7 Å². The van der Waals surface area contributed by atoms with Gasteiger partial charge in [0.05, 0.1) is 24.9 Å². The summed E-state index contributed by atoms with van der Waals surface area (Å²) in [5, 5.41) is 5.14. The number of carbonyl (C=O) groups is 1. The highest BCUT2D eigenvalue weighted by atomic mass is 35.5. The van der Waals surface area contributed by atoms with Crippen LogP contribution in [0.4, 0.5) is 0 Å². The normalized spacial score (nSPS) is 11.1. The average molecular weight is 458 g/mol. The molecule has 0 aliphatic carbocycles. The van der Waals surface area contributed by atoms with Crippen LogP contribution in [0.15, 0.2) is 68.1 Å². The Morgan fingerprint density at radius 2 is 2.00 bits per heavy atom. The van der Waals surface area contributed by atoms with E-state index in [1.165, 1.54) is 15.9 Å². The lowest BCUT2D eigenvalue weighted by atomic mass is 10.2. The van der Waals surface area contributed by atoms with E-state index >= 15 is 0 Å². The summed E-state index contributed by atoms with van der Waals surface area (Å²) >= 11 is 7.38. The second kappa shape index (κ2) is 9.36. The van der Waals surface area contributed by atoms with Gasteiger partial charge < -0.3 is 9.73 Å². The Morgan fingerprint density at radius 3 is 2.77 bits per heavy atom. The molecule has 160 valence electrons. The summed E-state index contributed by atoms with van der Waals surface area (Å²) in [6.45, 7) is 0.769. The van der Waals surface area contributed by atoms with Gasteiger partial charge in [0.15, 0.2) is 0 Å². The van der Waals surface area contributed by atoms with Crippen molar-refractivity contribution >= 4 is 39.1 Å². The Morgan fingerprint density at radius 1 is 1.13 bits per heavy atom. The molecule has 1 amide bonds. The zero-order valence-electron chi connectivity index (χ0n) is 16.5. The number of hydrogen-bond acceptors (Lipinski definition) is 5. The van der Waals surface area contributed by atoms with Crippen molar-refractivity contribution in [3.63, 3.8) is 0 Å². The van der Waals surface area contributed by atoms with E-state index < -0.39 is 5.69 Å². The molecule has 0 bridgehead atoms. The molecule has 0 radical (unpaired) electrons. The van der Waals surface area contributed by atoms with Crippen LogP contribution in [0.1, 0.15) is 24.2 Å². The molecule has 3 heterocycles. The largest absolute Gasteiger partial charge is 0.467 e. The Balaban J connectivity index is 1.51. The Labute approximate surface area is 186 Å². The second-order valence-electron chi connectivity index (χ2n) is 7.05. The predicted octanol–water partition coefficient (Wildman–Crippen LogP) is 3.62. The maximum absolute atomic E-state index is 13.1. The van der Waals surface area contributed by atoms with E-state index in [0.29, 0.717) is 40.5 Å². The number of benzene rings is 1. The van der Waals surface area contributed by atoms with Crippen LogP contribution < -0.4 is 16.6 Å². The SMILES string of the molecule is O=C(CCCn1c(=O)c2sccc2n(Cc2cccc(Cl)c2)c1=O)NCc1ccco1. The Hall–Kier alpha value is -3.10. The topological polar surface area (TPSA) is 86.2 Å². The number of furan rings is 1. The van der Waals surface area contributed by atoms with Crippen molar-refractivity contribution in [1.82, 2.24) is 14.5 Å². The first-order chi connectivity index (χ1) is 15.0. The Bertz CT molecular complexity index is 1320. The minimum Gasteiger partial charge on any atom is -0.467 e. The van der Waals surface area contributed by atoms with E-state index in [1.54, 1.807) is 46.5 Å². The number of hydrogen-bond donors (Lipinski definition) is 1. The molecule has 3 aromatic heterocycles. The molecule has 9 heteroatoms. The first-order valence-electron chi connectivity index (χ1n) is 9.77. The summed E-state index contributed by atoms with van der Waals surface area (Å²) < 4.78 is 8.49. The minimum atomic E-state index is -0.396. The third-order valence-corrected chi connectivity index (χ3v) is 6.02. The lowest BCUT2D eigenvalue weighted by Gasteiger charge is -2.12. The van der Waals surface area contributed by atoms with Crippen molar-refractivity contribution in [2.24, 2.45) is 0 Å². The molecule has 4 aromatic rings. The van der Waals surface area contributed by atoms with Gasteiger partial charge in [0.2, 0.25) is 5.91 Å². The summed E-state index contributed by atoms with van der Waals surface area (Å²) in [5.74, 6) is 0.498. The zero-order valence-corrected chi connectivity index (χ0v) is 18.1. The van der Waals surface area contributed by atoms with Gasteiger partial charge in [-0.1, -0.05) is 23.7 Å². The number of fused-ring (bicyclic) bond motifs is 1. The third kappa shape index (κ3) is 4.81. The van der Waals surface area contributed by atoms with Crippen LogP contribution in [0.25, 0.3) is 10.2 Å². The van der Waals surface area contributed by atoms with Gasteiger partial charge in [0.25, 0.3) is 5.56 Å². The number of nitrogens with one attached hydrogen (secondary N) is 1. The number of carbonyl (C=O) groups excluding carboxylic acids is 1. The highest BCUT2D eigenvalue weighted by Crippen LogP contribution is 2.18. The smallest absolute Gasteiger partial charge is 0.331 e. The van der Waals surface area contributed by atoms with E-state index in [9.17, 15) is 14.4 Å². The number of aromatic nitrogens is 2. The van der Waals surface area contributed by atoms with Crippen LogP contribution in [0.5, 0.6) is 0 Å². The van der Waals surface area contributed by atoms with Gasteiger partial charge in [-0.3, -0.25) is 18.7 Å². The molecule has 0 saturated carbocycles. The molecular weight excluding hydrogens is 438 g/mol. The summed E-state index contributed by atoms with van der Waals surface area (Å²) in [6, 6.07) is 12.6. The summed E-state index contributed by atoms with van der Waals surface area (Å²) in [5.41, 5.74) is 0.747. The molecular formula is C22H20ClN3O4S. The zero-order chi connectivity index (χ0) is 21.8. The number of amides is 1. The number of thiophene rings is 1.